The second-order valence-corrected chi connectivity index (χ2v) is 5.30. The standard InChI is InChI=1S/C10H19N3O2S/c1-3-10(2,8(11)12-15)9(14)13-4-6-16-7-5-13/h15H,3-7H2,1-2H3,(H2,11,12). The zero-order valence-electron chi connectivity index (χ0n) is 9.77. The lowest BCUT2D eigenvalue weighted by Gasteiger charge is -2.34. The van der Waals surface area contributed by atoms with Crippen molar-refractivity contribution in [2.75, 3.05) is 24.6 Å². The van der Waals surface area contributed by atoms with Gasteiger partial charge in [-0.25, -0.2) is 0 Å². The van der Waals surface area contributed by atoms with Gasteiger partial charge >= 0.3 is 0 Å². The Kier molecular flexibility index (Phi) is 4.46. The van der Waals surface area contributed by atoms with Gasteiger partial charge in [-0.15, -0.1) is 0 Å². The summed E-state index contributed by atoms with van der Waals surface area (Å²) in [6.07, 6.45) is 0.533. The van der Waals surface area contributed by atoms with Crippen LogP contribution in [0.15, 0.2) is 5.16 Å². The molecule has 1 rings (SSSR count). The molecule has 1 aliphatic heterocycles. The van der Waals surface area contributed by atoms with Crippen molar-refractivity contribution in [1.29, 1.82) is 0 Å². The van der Waals surface area contributed by atoms with Gasteiger partial charge in [-0.3, -0.25) is 4.79 Å². The van der Waals surface area contributed by atoms with Gasteiger partial charge < -0.3 is 15.8 Å². The van der Waals surface area contributed by atoms with Crippen LogP contribution in [0.5, 0.6) is 0 Å². The Morgan fingerprint density at radius 2 is 2.12 bits per heavy atom. The summed E-state index contributed by atoms with van der Waals surface area (Å²) in [5.74, 6) is 1.88. The maximum absolute atomic E-state index is 12.3. The van der Waals surface area contributed by atoms with Gasteiger partial charge in [-0.2, -0.15) is 11.8 Å². The van der Waals surface area contributed by atoms with Crippen LogP contribution >= 0.6 is 11.8 Å². The van der Waals surface area contributed by atoms with Crippen molar-refractivity contribution in [2.24, 2.45) is 16.3 Å². The molecule has 0 saturated carbocycles. The van der Waals surface area contributed by atoms with E-state index < -0.39 is 5.41 Å². The Balaban J connectivity index is 2.83. The zero-order chi connectivity index (χ0) is 12.2. The third kappa shape index (κ3) is 2.42. The maximum Gasteiger partial charge on any atom is 0.236 e. The number of nitrogens with zero attached hydrogens (tertiary/aromatic N) is 2. The van der Waals surface area contributed by atoms with Crippen molar-refractivity contribution in [2.45, 2.75) is 20.3 Å². The molecule has 0 aromatic heterocycles. The molecule has 1 aliphatic rings. The van der Waals surface area contributed by atoms with Crippen LogP contribution in [-0.4, -0.2) is 46.4 Å². The normalized spacial score (nSPS) is 21.6. The van der Waals surface area contributed by atoms with Gasteiger partial charge in [0.1, 0.15) is 5.41 Å². The number of amidine groups is 1. The molecule has 0 aromatic carbocycles. The molecule has 1 amide bonds. The molecule has 0 aromatic rings. The molecular formula is C10H19N3O2S. The van der Waals surface area contributed by atoms with E-state index in [0.29, 0.717) is 6.42 Å². The highest BCUT2D eigenvalue weighted by Gasteiger charge is 2.39. The predicted octanol–water partition coefficient (Wildman–Crippen LogP) is 0.725. The number of carbonyl (C=O) groups excluding carboxylic acids is 1. The van der Waals surface area contributed by atoms with E-state index in [4.69, 9.17) is 10.9 Å². The van der Waals surface area contributed by atoms with Crippen molar-refractivity contribution in [3.05, 3.63) is 0 Å². The van der Waals surface area contributed by atoms with Crippen molar-refractivity contribution in [1.82, 2.24) is 4.90 Å². The van der Waals surface area contributed by atoms with E-state index in [1.807, 2.05) is 18.7 Å². The summed E-state index contributed by atoms with van der Waals surface area (Å²) in [5.41, 5.74) is 4.74. The summed E-state index contributed by atoms with van der Waals surface area (Å²) >= 11 is 1.84. The lowest BCUT2D eigenvalue weighted by atomic mass is 9.84. The average Bonchev–Trinajstić information content (AvgIpc) is 2.36. The number of thioether (sulfide) groups is 1. The lowest BCUT2D eigenvalue weighted by molar-refractivity contribution is -0.137. The second-order valence-electron chi connectivity index (χ2n) is 4.08. The molecule has 16 heavy (non-hydrogen) atoms. The smallest absolute Gasteiger partial charge is 0.236 e. The van der Waals surface area contributed by atoms with E-state index >= 15 is 0 Å². The van der Waals surface area contributed by atoms with E-state index in [1.54, 1.807) is 11.8 Å². The van der Waals surface area contributed by atoms with Crippen LogP contribution in [-0.2, 0) is 4.79 Å². The predicted molar refractivity (Wildman–Crippen MR) is 65.7 cm³/mol. The molecule has 0 radical (unpaired) electrons. The van der Waals surface area contributed by atoms with Crippen molar-refractivity contribution in [3.63, 3.8) is 0 Å². The summed E-state index contributed by atoms with van der Waals surface area (Å²) in [5, 5.41) is 11.7. The third-order valence-corrected chi connectivity index (χ3v) is 4.09. The van der Waals surface area contributed by atoms with E-state index in [1.165, 1.54) is 0 Å². The van der Waals surface area contributed by atoms with Crippen molar-refractivity contribution >= 4 is 23.5 Å². The Morgan fingerprint density at radius 3 is 2.56 bits per heavy atom. The second kappa shape index (κ2) is 5.43. The Bertz CT molecular complexity index is 290. The highest BCUT2D eigenvalue weighted by atomic mass is 32.2. The van der Waals surface area contributed by atoms with Crippen LogP contribution in [0.3, 0.4) is 0 Å². The minimum atomic E-state index is -0.878. The molecule has 0 aliphatic carbocycles. The monoisotopic (exact) mass is 245 g/mol. The molecule has 1 unspecified atom stereocenters. The number of oxime groups is 1. The first-order valence-electron chi connectivity index (χ1n) is 5.41. The van der Waals surface area contributed by atoms with Crippen molar-refractivity contribution < 1.29 is 10.0 Å². The molecule has 1 heterocycles. The van der Waals surface area contributed by atoms with Gasteiger partial charge in [0.25, 0.3) is 0 Å². The van der Waals surface area contributed by atoms with E-state index in [0.717, 1.165) is 24.6 Å². The van der Waals surface area contributed by atoms with Gasteiger partial charge in [0.05, 0.1) is 0 Å². The van der Waals surface area contributed by atoms with Crippen LogP contribution in [0.1, 0.15) is 20.3 Å². The summed E-state index contributed by atoms with van der Waals surface area (Å²) in [6, 6.07) is 0. The fourth-order valence-corrected chi connectivity index (χ4v) is 2.57. The Labute approximate surface area is 100 Å². The molecule has 5 nitrogen and oxygen atoms in total. The highest BCUT2D eigenvalue weighted by Crippen LogP contribution is 2.26. The quantitative estimate of drug-likeness (QED) is 0.332. The van der Waals surface area contributed by atoms with Crippen LogP contribution in [0.2, 0.25) is 0 Å². The maximum atomic E-state index is 12.3. The van der Waals surface area contributed by atoms with Gasteiger partial charge in [0, 0.05) is 24.6 Å². The summed E-state index contributed by atoms with van der Waals surface area (Å²) < 4.78 is 0. The first-order chi connectivity index (χ1) is 7.56. The minimum Gasteiger partial charge on any atom is -0.409 e. The van der Waals surface area contributed by atoms with E-state index in [-0.39, 0.29) is 11.7 Å². The largest absolute Gasteiger partial charge is 0.409 e. The fourth-order valence-electron chi connectivity index (χ4n) is 1.67. The lowest BCUT2D eigenvalue weighted by Crippen LogP contribution is -2.51. The molecule has 6 heteroatoms. The topological polar surface area (TPSA) is 78.9 Å². The molecule has 92 valence electrons. The first kappa shape index (κ1) is 13.2. The number of amides is 1. The third-order valence-electron chi connectivity index (χ3n) is 3.15. The molecule has 3 N–H and O–H groups in total. The first-order valence-corrected chi connectivity index (χ1v) is 6.57. The summed E-state index contributed by atoms with van der Waals surface area (Å²) in [7, 11) is 0. The fraction of sp³-hybridized carbons (Fsp3) is 0.800. The minimum absolute atomic E-state index is 0.00164. The van der Waals surface area contributed by atoms with Crippen LogP contribution in [0.4, 0.5) is 0 Å². The molecule has 1 atom stereocenters. The molecule has 0 spiro atoms. The zero-order valence-corrected chi connectivity index (χ0v) is 10.6. The summed E-state index contributed by atoms with van der Waals surface area (Å²) in [4.78, 5) is 14.1. The number of rotatable bonds is 3. The van der Waals surface area contributed by atoms with Gasteiger partial charge in [-0.05, 0) is 13.3 Å². The number of hydrogen-bond donors (Lipinski definition) is 2. The van der Waals surface area contributed by atoms with Crippen LogP contribution in [0, 0.1) is 5.41 Å². The summed E-state index contributed by atoms with van der Waals surface area (Å²) in [6.45, 7) is 5.09. The molecular weight excluding hydrogens is 226 g/mol. The van der Waals surface area contributed by atoms with Crippen LogP contribution in [0.25, 0.3) is 0 Å². The molecule has 0 bridgehead atoms. The van der Waals surface area contributed by atoms with Crippen LogP contribution < -0.4 is 5.73 Å². The average molecular weight is 245 g/mol. The van der Waals surface area contributed by atoms with E-state index in [9.17, 15) is 4.79 Å². The Hall–Kier alpha value is -0.910. The Morgan fingerprint density at radius 1 is 1.56 bits per heavy atom. The van der Waals surface area contributed by atoms with Gasteiger partial charge in [-0.1, -0.05) is 12.1 Å². The highest BCUT2D eigenvalue weighted by molar-refractivity contribution is 7.99. The van der Waals surface area contributed by atoms with E-state index in [2.05, 4.69) is 5.16 Å². The number of carbonyl (C=O) groups is 1. The molecule has 1 saturated heterocycles. The van der Waals surface area contributed by atoms with Gasteiger partial charge in [0.15, 0.2) is 5.84 Å². The van der Waals surface area contributed by atoms with Crippen molar-refractivity contribution in [3.8, 4) is 0 Å². The SMILES string of the molecule is CCC(C)(C(=O)N1CCSCC1)C(N)=NO. The molecule has 1 fully saturated rings. The number of nitrogens with two attached hydrogens (primary N) is 1. The van der Waals surface area contributed by atoms with Gasteiger partial charge in [0.2, 0.25) is 5.91 Å². The number of hydrogen-bond acceptors (Lipinski definition) is 4.